The molecule has 0 saturated heterocycles. The largest absolute Gasteiger partial charge is 0.550 e. The molecule has 6 rings (SSSR count). The number of carboxylic acids is 1. The smallest absolute Gasteiger partial charge is 0.295 e. The second-order valence-electron chi connectivity index (χ2n) is 22.3. The summed E-state index contributed by atoms with van der Waals surface area (Å²) in [4.78, 5) is 19.7. The molecule has 0 aromatic heterocycles. The molecular formula is C65H104N6O14S4. The molecule has 502 valence electrons. The number of nitrogens with zero attached hydrogens (tertiary/aromatic N) is 6. The zero-order chi connectivity index (χ0) is 68.0. The number of benzene rings is 4. The number of carbonyl (C=O) groups is 1. The minimum atomic E-state index is -4.96. The number of allylic oxidation sites excluding steroid dienone is 6. The number of unbranched alkanes of at least 4 members (excludes halogenated alkanes) is 2. The third-order valence-electron chi connectivity index (χ3n) is 16.6. The fourth-order valence-corrected chi connectivity index (χ4v) is 14.0. The number of anilines is 1. The Morgan fingerprint density at radius 2 is 0.888 bits per heavy atom. The second kappa shape index (κ2) is 35.7. The van der Waals surface area contributed by atoms with Crippen molar-refractivity contribution in [2.75, 3.05) is 96.5 Å². The fourth-order valence-electron chi connectivity index (χ4n) is 11.3. The van der Waals surface area contributed by atoms with Crippen molar-refractivity contribution >= 4 is 85.1 Å². The molecular weight excluding hydrogens is 1220 g/mol. The van der Waals surface area contributed by atoms with Crippen molar-refractivity contribution < 1.29 is 66.4 Å². The lowest BCUT2D eigenvalue weighted by atomic mass is 9.79. The number of carboxylic acid groups (broad SMARTS) is 1. The molecule has 0 spiro atoms. The van der Waals surface area contributed by atoms with Gasteiger partial charge in [-0.2, -0.15) is 38.2 Å². The molecule has 0 unspecified atom stereocenters. The molecule has 4 N–H and O–H groups in total. The lowest BCUT2D eigenvalue weighted by Crippen LogP contribution is -2.28. The van der Waals surface area contributed by atoms with Gasteiger partial charge in [-0.3, -0.25) is 18.2 Å². The lowest BCUT2D eigenvalue weighted by Gasteiger charge is -2.26. The molecule has 0 bridgehead atoms. The Labute approximate surface area is 534 Å². The van der Waals surface area contributed by atoms with Gasteiger partial charge in [-0.05, 0) is 177 Å². The number of hydrogen-bond donors (Lipinski definition) is 4. The van der Waals surface area contributed by atoms with Gasteiger partial charge < -0.3 is 34.4 Å². The first-order chi connectivity index (χ1) is 41.5. The van der Waals surface area contributed by atoms with E-state index in [2.05, 4.69) is 103 Å². The molecule has 2 heterocycles. The van der Waals surface area contributed by atoms with Crippen molar-refractivity contribution in [2.24, 2.45) is 0 Å². The van der Waals surface area contributed by atoms with Crippen LogP contribution in [0.3, 0.4) is 0 Å². The highest BCUT2D eigenvalue weighted by atomic mass is 32.2. The van der Waals surface area contributed by atoms with Crippen LogP contribution >= 0.6 is 0 Å². The standard InChI is InChI=1S/C41H44N2O14S4.4C6H15N/c1-6-42-31-18-16-27-29(21-25(58(46,47)48)23-33(27)60(52,53)54)38(31)40(2,3)35(42)13-9-7-10-14-36-41(4,5)39-30-22-26(59(49,50)51)24-34(61(55,56)57)28(30)17-19-32(39)43(36)20-12-8-11-15-37(44)45;4*1-4-7(5-2)6-3/h7,9-10,13-14,16-19,21-24H,6,8,11-12,15,20H2,1-5H3,(H4-,44,45,46,47,48,49,50,51,52,53,54,55,56,57);4*4-6H2,1-3H3. The average Bonchev–Trinajstić information content (AvgIpc) is 1.68. The highest BCUT2D eigenvalue weighted by Gasteiger charge is 2.46. The SMILES string of the molecule is CCN(CC)CC.CCN(CC)CC.CCN(CC)CC.CCN(CC)CC.CCN1\C(=C/C=C/C=C/C2=[N+](CCCCCC(=O)[O-])c3ccc4c(S(=O)(=O)O)cc(S(=O)(=O)O)cc4c3C2(C)C)C(C)(C)c2c1ccc1c(S(=O)(=O)O)cc(S(=O)(=O)O)cc21. The molecule has 89 heavy (non-hydrogen) atoms. The van der Waals surface area contributed by atoms with Crippen LogP contribution in [0.4, 0.5) is 11.4 Å². The second-order valence-corrected chi connectivity index (χ2v) is 28.0. The van der Waals surface area contributed by atoms with Crippen LogP contribution in [-0.4, -0.2) is 179 Å². The van der Waals surface area contributed by atoms with Gasteiger partial charge in [-0.15, -0.1) is 0 Å². The van der Waals surface area contributed by atoms with E-state index in [4.69, 9.17) is 0 Å². The molecule has 4 aromatic rings. The Morgan fingerprint density at radius 3 is 1.24 bits per heavy atom. The normalized spacial score (nSPS) is 15.2. The number of hydrogen-bond acceptors (Lipinski definition) is 15. The zero-order valence-corrected chi connectivity index (χ0v) is 59.2. The van der Waals surface area contributed by atoms with Gasteiger partial charge in [0.2, 0.25) is 5.69 Å². The van der Waals surface area contributed by atoms with Crippen LogP contribution in [0.2, 0.25) is 0 Å². The van der Waals surface area contributed by atoms with Crippen LogP contribution in [0.5, 0.6) is 0 Å². The summed E-state index contributed by atoms with van der Waals surface area (Å²) in [5.41, 5.74) is 1.99. The van der Waals surface area contributed by atoms with Gasteiger partial charge >= 0.3 is 0 Å². The highest BCUT2D eigenvalue weighted by molar-refractivity contribution is 7.87. The van der Waals surface area contributed by atoms with Gasteiger partial charge in [0.25, 0.3) is 40.5 Å². The van der Waals surface area contributed by atoms with E-state index in [0.29, 0.717) is 72.7 Å². The van der Waals surface area contributed by atoms with E-state index < -0.39 is 76.9 Å². The van der Waals surface area contributed by atoms with Crippen molar-refractivity contribution in [1.82, 2.24) is 19.6 Å². The Hall–Kier alpha value is -4.96. The van der Waals surface area contributed by atoms with E-state index in [1.165, 1.54) is 96.7 Å². The van der Waals surface area contributed by atoms with Gasteiger partial charge in [0.05, 0.1) is 15.2 Å². The monoisotopic (exact) mass is 1320 g/mol. The van der Waals surface area contributed by atoms with Crippen LogP contribution in [0, 0.1) is 0 Å². The number of likely N-dealkylation sites (N-methyl/N-ethyl adjacent to an activating group) is 1. The van der Waals surface area contributed by atoms with Gasteiger partial charge in [-0.25, -0.2) is 0 Å². The van der Waals surface area contributed by atoms with Gasteiger partial charge in [0, 0.05) is 64.2 Å². The minimum absolute atomic E-state index is 0.0317. The van der Waals surface area contributed by atoms with Crippen LogP contribution in [0.1, 0.15) is 155 Å². The first-order valence-corrected chi connectivity index (χ1v) is 37.0. The van der Waals surface area contributed by atoms with E-state index in [-0.39, 0.29) is 28.0 Å². The van der Waals surface area contributed by atoms with Crippen LogP contribution in [0.25, 0.3) is 21.5 Å². The van der Waals surface area contributed by atoms with Gasteiger partial charge in [-0.1, -0.05) is 121 Å². The molecule has 0 radical (unpaired) electrons. The summed E-state index contributed by atoms with van der Waals surface area (Å²) < 4.78 is 141. The Bertz CT molecular complexity index is 3510. The summed E-state index contributed by atoms with van der Waals surface area (Å²) in [5.74, 6) is -1.17. The minimum Gasteiger partial charge on any atom is -0.550 e. The van der Waals surface area contributed by atoms with Crippen molar-refractivity contribution in [3.8, 4) is 0 Å². The maximum absolute atomic E-state index is 12.5. The number of carbonyl (C=O) groups excluding carboxylic acids is 1. The summed E-state index contributed by atoms with van der Waals surface area (Å²) in [6.45, 7) is 50.7. The van der Waals surface area contributed by atoms with E-state index in [9.17, 15) is 61.8 Å². The van der Waals surface area contributed by atoms with Crippen LogP contribution in [0.15, 0.2) is 104 Å². The quantitative estimate of drug-likeness (QED) is 0.0197. The van der Waals surface area contributed by atoms with E-state index >= 15 is 0 Å². The zero-order valence-electron chi connectivity index (χ0n) is 55.9. The molecule has 2 aliphatic rings. The molecule has 0 saturated carbocycles. The van der Waals surface area contributed by atoms with Crippen molar-refractivity contribution in [3.05, 3.63) is 95.7 Å². The predicted molar refractivity (Wildman–Crippen MR) is 360 cm³/mol. The van der Waals surface area contributed by atoms with Crippen molar-refractivity contribution in [3.63, 3.8) is 0 Å². The molecule has 4 aromatic carbocycles. The van der Waals surface area contributed by atoms with E-state index in [1.807, 2.05) is 56.2 Å². The van der Waals surface area contributed by atoms with Crippen molar-refractivity contribution in [1.29, 1.82) is 0 Å². The Kier molecular flexibility index (Phi) is 32.2. The first-order valence-electron chi connectivity index (χ1n) is 31.2. The molecule has 24 heteroatoms. The molecule has 2 aliphatic heterocycles. The topological polar surface area (TPSA) is 277 Å². The summed E-state index contributed by atoms with van der Waals surface area (Å²) in [5, 5.41) is 11.5. The number of rotatable bonds is 26. The summed E-state index contributed by atoms with van der Waals surface area (Å²) in [6, 6.07) is 9.99. The summed E-state index contributed by atoms with van der Waals surface area (Å²) in [6.07, 6.45) is 10.3. The van der Waals surface area contributed by atoms with E-state index in [1.54, 1.807) is 30.4 Å². The number of aliphatic carboxylic acids is 1. The van der Waals surface area contributed by atoms with E-state index in [0.717, 1.165) is 11.8 Å². The third kappa shape index (κ3) is 21.6. The third-order valence-corrected chi connectivity index (χ3v) is 20.1. The maximum Gasteiger partial charge on any atom is 0.295 e. The average molecular weight is 1320 g/mol. The summed E-state index contributed by atoms with van der Waals surface area (Å²) in [7, 11) is -19.7. The molecule has 0 amide bonds. The highest BCUT2D eigenvalue weighted by Crippen LogP contribution is 2.52. The van der Waals surface area contributed by atoms with Gasteiger partial charge in [0.15, 0.2) is 5.71 Å². The van der Waals surface area contributed by atoms with Crippen LogP contribution in [-0.2, 0) is 56.1 Å². The Morgan fingerprint density at radius 1 is 0.494 bits per heavy atom. The molecule has 20 nitrogen and oxygen atoms in total. The predicted octanol–water partition coefficient (Wildman–Crippen LogP) is 10.9. The van der Waals surface area contributed by atoms with Gasteiger partial charge in [0.1, 0.15) is 16.3 Å². The molecule has 0 aliphatic carbocycles. The first kappa shape index (κ1) is 80.1. The fraction of sp³-hybridized carbons (Fsp3) is 0.569. The lowest BCUT2D eigenvalue weighted by molar-refractivity contribution is -0.438. The number of fused-ring (bicyclic) bond motifs is 6. The summed E-state index contributed by atoms with van der Waals surface area (Å²) >= 11 is 0. The van der Waals surface area contributed by atoms with Crippen molar-refractivity contribution in [2.45, 2.75) is 174 Å². The molecule has 0 fully saturated rings. The maximum atomic E-state index is 12.5. The Balaban J connectivity index is 0.000000795. The molecule has 0 atom stereocenters. The van der Waals surface area contributed by atoms with Crippen LogP contribution < -0.4 is 10.0 Å².